The summed E-state index contributed by atoms with van der Waals surface area (Å²) in [4.78, 5) is 4.62. The largest absolute Gasteiger partial charge is 0.493 e. The van der Waals surface area contributed by atoms with Gasteiger partial charge in [-0.1, -0.05) is 36.4 Å². The molecule has 0 fully saturated rings. The van der Waals surface area contributed by atoms with Crippen molar-refractivity contribution in [3.8, 4) is 11.5 Å². The molecule has 0 radical (unpaired) electrons. The second-order valence-electron chi connectivity index (χ2n) is 6.61. The van der Waals surface area contributed by atoms with E-state index in [9.17, 15) is 5.11 Å². The van der Waals surface area contributed by atoms with E-state index in [-0.39, 0.29) is 0 Å². The second kappa shape index (κ2) is 10.6. The molecule has 2 aromatic carbocycles. The zero-order valence-corrected chi connectivity index (χ0v) is 17.2. The Hall–Kier alpha value is -2.73. The van der Waals surface area contributed by atoms with Crippen molar-refractivity contribution in [1.29, 1.82) is 0 Å². The molecule has 0 spiro atoms. The molecule has 2 rings (SSSR count). The molecule has 1 atom stereocenters. The standard InChI is InChI=1S/C22H31N3O3/c1-5-23-21(25-16-22(3,26)18-10-8-7-9-11-18)24-15-17-12-13-19(28-6-2)20(14-17)27-4/h7-14,26H,5-6,15-16H2,1-4H3,(H2,23,24,25). The number of aliphatic imine (C=N–C) groups is 1. The molecule has 0 amide bonds. The number of ether oxygens (including phenoxy) is 2. The van der Waals surface area contributed by atoms with Crippen molar-refractivity contribution in [2.75, 3.05) is 26.8 Å². The molecule has 2 aromatic rings. The van der Waals surface area contributed by atoms with Gasteiger partial charge in [-0.3, -0.25) is 0 Å². The highest BCUT2D eigenvalue weighted by atomic mass is 16.5. The third-order valence-corrected chi connectivity index (χ3v) is 4.29. The van der Waals surface area contributed by atoms with Gasteiger partial charge >= 0.3 is 0 Å². The normalized spacial score (nSPS) is 13.5. The number of hydrogen-bond acceptors (Lipinski definition) is 4. The van der Waals surface area contributed by atoms with Gasteiger partial charge in [-0.15, -0.1) is 0 Å². The minimum atomic E-state index is -1.00. The zero-order chi connectivity index (χ0) is 20.4. The molecule has 3 N–H and O–H groups in total. The van der Waals surface area contributed by atoms with Crippen molar-refractivity contribution in [3.05, 3.63) is 59.7 Å². The molecule has 28 heavy (non-hydrogen) atoms. The molecule has 0 aliphatic heterocycles. The van der Waals surface area contributed by atoms with Crippen LogP contribution in [0, 0.1) is 0 Å². The lowest BCUT2D eigenvalue weighted by Gasteiger charge is -2.25. The van der Waals surface area contributed by atoms with Crippen molar-refractivity contribution in [2.45, 2.75) is 32.9 Å². The van der Waals surface area contributed by atoms with Gasteiger partial charge in [0.15, 0.2) is 17.5 Å². The fourth-order valence-corrected chi connectivity index (χ4v) is 2.75. The Balaban J connectivity index is 2.06. The van der Waals surface area contributed by atoms with Crippen LogP contribution >= 0.6 is 0 Å². The van der Waals surface area contributed by atoms with Crippen LogP contribution in [0.3, 0.4) is 0 Å². The molecule has 0 saturated heterocycles. The van der Waals surface area contributed by atoms with E-state index < -0.39 is 5.60 Å². The molecule has 6 heteroatoms. The highest BCUT2D eigenvalue weighted by molar-refractivity contribution is 5.79. The summed E-state index contributed by atoms with van der Waals surface area (Å²) in [5.74, 6) is 2.06. The summed E-state index contributed by atoms with van der Waals surface area (Å²) in [5, 5.41) is 17.2. The molecule has 0 aliphatic rings. The van der Waals surface area contributed by atoms with Gasteiger partial charge in [0.25, 0.3) is 0 Å². The van der Waals surface area contributed by atoms with E-state index >= 15 is 0 Å². The molecule has 0 aromatic heterocycles. The zero-order valence-electron chi connectivity index (χ0n) is 17.2. The summed E-state index contributed by atoms with van der Waals surface area (Å²) in [6.07, 6.45) is 0. The Kier molecular flexibility index (Phi) is 8.14. The summed E-state index contributed by atoms with van der Waals surface area (Å²) in [7, 11) is 1.63. The maximum Gasteiger partial charge on any atom is 0.191 e. The van der Waals surface area contributed by atoms with Crippen LogP contribution in [-0.4, -0.2) is 37.9 Å². The van der Waals surface area contributed by atoms with Crippen molar-refractivity contribution in [3.63, 3.8) is 0 Å². The van der Waals surface area contributed by atoms with Crippen LogP contribution in [0.15, 0.2) is 53.5 Å². The SMILES string of the molecule is CCNC(=NCc1ccc(OCC)c(OC)c1)NCC(C)(O)c1ccccc1. The van der Waals surface area contributed by atoms with Crippen LogP contribution < -0.4 is 20.1 Å². The maximum atomic E-state index is 10.8. The molecular formula is C22H31N3O3. The van der Waals surface area contributed by atoms with Gasteiger partial charge < -0.3 is 25.2 Å². The van der Waals surface area contributed by atoms with Crippen LogP contribution in [0.25, 0.3) is 0 Å². The Morgan fingerprint density at radius 2 is 1.82 bits per heavy atom. The predicted molar refractivity (Wildman–Crippen MR) is 113 cm³/mol. The third kappa shape index (κ3) is 6.16. The van der Waals surface area contributed by atoms with Crippen molar-refractivity contribution in [1.82, 2.24) is 10.6 Å². The molecule has 0 aliphatic carbocycles. The van der Waals surface area contributed by atoms with Crippen LogP contribution in [0.2, 0.25) is 0 Å². The fraction of sp³-hybridized carbons (Fsp3) is 0.409. The molecule has 152 valence electrons. The lowest BCUT2D eigenvalue weighted by atomic mass is 9.96. The van der Waals surface area contributed by atoms with Crippen LogP contribution in [0.5, 0.6) is 11.5 Å². The highest BCUT2D eigenvalue weighted by Crippen LogP contribution is 2.28. The van der Waals surface area contributed by atoms with Crippen molar-refractivity contribution in [2.24, 2.45) is 4.99 Å². The molecule has 0 bridgehead atoms. The van der Waals surface area contributed by atoms with E-state index in [2.05, 4.69) is 15.6 Å². The van der Waals surface area contributed by atoms with Gasteiger partial charge in [-0.05, 0) is 44.0 Å². The minimum absolute atomic E-state index is 0.343. The second-order valence-corrected chi connectivity index (χ2v) is 6.61. The first-order chi connectivity index (χ1) is 13.5. The van der Waals surface area contributed by atoms with E-state index in [1.54, 1.807) is 14.0 Å². The van der Waals surface area contributed by atoms with E-state index in [0.717, 1.165) is 23.4 Å². The number of nitrogens with zero attached hydrogens (tertiary/aromatic N) is 1. The van der Waals surface area contributed by atoms with E-state index in [1.807, 2.05) is 62.4 Å². The first kappa shape index (κ1) is 21.6. The van der Waals surface area contributed by atoms with E-state index in [1.165, 1.54) is 0 Å². The Bertz CT molecular complexity index is 761. The Labute approximate surface area is 167 Å². The first-order valence-electron chi connectivity index (χ1n) is 9.60. The van der Waals surface area contributed by atoms with Crippen LogP contribution in [0.1, 0.15) is 31.9 Å². The van der Waals surface area contributed by atoms with Gasteiger partial charge in [0.2, 0.25) is 0 Å². The summed E-state index contributed by atoms with van der Waals surface area (Å²) < 4.78 is 10.9. The molecule has 0 heterocycles. The predicted octanol–water partition coefficient (Wildman–Crippen LogP) is 3.06. The number of rotatable bonds is 9. The van der Waals surface area contributed by atoms with Crippen LogP contribution in [-0.2, 0) is 12.1 Å². The number of benzene rings is 2. The topological polar surface area (TPSA) is 75.1 Å². The maximum absolute atomic E-state index is 10.8. The quantitative estimate of drug-likeness (QED) is 0.457. The average molecular weight is 386 g/mol. The number of nitrogens with one attached hydrogen (secondary N) is 2. The summed E-state index contributed by atoms with van der Waals surface area (Å²) >= 11 is 0. The summed E-state index contributed by atoms with van der Waals surface area (Å²) in [6.45, 7) is 7.87. The van der Waals surface area contributed by atoms with Crippen molar-refractivity contribution >= 4 is 5.96 Å². The Morgan fingerprint density at radius 1 is 1.07 bits per heavy atom. The first-order valence-corrected chi connectivity index (χ1v) is 9.60. The van der Waals surface area contributed by atoms with Gasteiger partial charge in [-0.25, -0.2) is 4.99 Å². The summed E-state index contributed by atoms with van der Waals surface area (Å²) in [5.41, 5.74) is 0.863. The fourth-order valence-electron chi connectivity index (χ4n) is 2.75. The monoisotopic (exact) mass is 385 g/mol. The van der Waals surface area contributed by atoms with Gasteiger partial charge in [0, 0.05) is 6.54 Å². The molecule has 0 saturated carbocycles. The van der Waals surface area contributed by atoms with E-state index in [4.69, 9.17) is 9.47 Å². The van der Waals surface area contributed by atoms with Crippen LogP contribution in [0.4, 0.5) is 0 Å². The van der Waals surface area contributed by atoms with Gasteiger partial charge in [0.05, 0.1) is 26.8 Å². The van der Waals surface area contributed by atoms with Gasteiger partial charge in [0.1, 0.15) is 5.60 Å². The molecular weight excluding hydrogens is 354 g/mol. The Morgan fingerprint density at radius 3 is 2.46 bits per heavy atom. The number of hydrogen-bond donors (Lipinski definition) is 3. The smallest absolute Gasteiger partial charge is 0.191 e. The molecule has 1 unspecified atom stereocenters. The van der Waals surface area contributed by atoms with E-state index in [0.29, 0.717) is 31.4 Å². The number of methoxy groups -OCH3 is 1. The lowest BCUT2D eigenvalue weighted by molar-refractivity contribution is 0.0617. The minimum Gasteiger partial charge on any atom is -0.493 e. The average Bonchev–Trinajstić information content (AvgIpc) is 2.71. The number of guanidine groups is 1. The lowest BCUT2D eigenvalue weighted by Crippen LogP contribution is -2.44. The van der Waals surface area contributed by atoms with Crippen molar-refractivity contribution < 1.29 is 14.6 Å². The highest BCUT2D eigenvalue weighted by Gasteiger charge is 2.22. The number of aliphatic hydroxyl groups is 1. The summed E-state index contributed by atoms with van der Waals surface area (Å²) in [6, 6.07) is 15.4. The van der Waals surface area contributed by atoms with Gasteiger partial charge in [-0.2, -0.15) is 0 Å². The molecule has 6 nitrogen and oxygen atoms in total. The third-order valence-electron chi connectivity index (χ3n) is 4.29.